The number of allylic oxidation sites excluding steroid dienone is 1. The van der Waals surface area contributed by atoms with Crippen molar-refractivity contribution in [2.24, 2.45) is 0 Å². The van der Waals surface area contributed by atoms with Crippen molar-refractivity contribution in [3.8, 4) is 11.5 Å². The van der Waals surface area contributed by atoms with E-state index < -0.39 is 0 Å². The number of ketones is 1. The van der Waals surface area contributed by atoms with Crippen molar-refractivity contribution >= 4 is 43.7 Å². The average Bonchev–Trinajstić information content (AvgIpc) is 2.56. The molecular formula is C20H18Br2O3. The maximum Gasteiger partial charge on any atom is 0.185 e. The fraction of sp³-hybridized carbons (Fsp3) is 0.150. The highest BCUT2D eigenvalue weighted by Gasteiger charge is 2.06. The second-order valence-corrected chi connectivity index (χ2v) is 7.31. The minimum absolute atomic E-state index is 0.0638. The van der Waals surface area contributed by atoms with Gasteiger partial charge < -0.3 is 9.84 Å². The minimum Gasteiger partial charge on any atom is -0.507 e. The molecular weight excluding hydrogens is 448 g/mol. The van der Waals surface area contributed by atoms with Gasteiger partial charge in [-0.2, -0.15) is 0 Å². The third kappa shape index (κ3) is 5.87. The zero-order valence-corrected chi connectivity index (χ0v) is 16.9. The van der Waals surface area contributed by atoms with E-state index in [0.717, 1.165) is 20.9 Å². The molecule has 1 N–H and O–H groups in total. The van der Waals surface area contributed by atoms with Crippen LogP contribution in [0.4, 0.5) is 0 Å². The number of carbonyl (C=O) groups is 1. The topological polar surface area (TPSA) is 46.5 Å². The Balaban J connectivity index is 2.06. The van der Waals surface area contributed by atoms with E-state index in [1.54, 1.807) is 42.5 Å². The number of ether oxygens (including phenoxy) is 1. The van der Waals surface area contributed by atoms with Crippen LogP contribution in [0.2, 0.25) is 0 Å². The molecule has 3 nitrogen and oxygen atoms in total. The van der Waals surface area contributed by atoms with E-state index in [4.69, 9.17) is 4.74 Å². The molecule has 0 radical (unpaired) electrons. The van der Waals surface area contributed by atoms with Crippen LogP contribution >= 0.6 is 31.9 Å². The van der Waals surface area contributed by atoms with Crippen LogP contribution in [0.25, 0.3) is 6.08 Å². The minimum atomic E-state index is -0.144. The number of carbonyl (C=O) groups excluding carboxylic acids is 1. The van der Waals surface area contributed by atoms with Crippen molar-refractivity contribution in [2.45, 2.75) is 13.3 Å². The van der Waals surface area contributed by atoms with Crippen LogP contribution in [0.1, 0.15) is 29.3 Å². The first kappa shape index (κ1) is 19.5. The van der Waals surface area contributed by atoms with Crippen molar-refractivity contribution in [1.82, 2.24) is 0 Å². The Labute approximate surface area is 164 Å². The first-order chi connectivity index (χ1) is 11.9. The summed E-state index contributed by atoms with van der Waals surface area (Å²) in [5, 5.41) is 10.1. The summed E-state index contributed by atoms with van der Waals surface area (Å²) < 4.78 is 7.24. The van der Waals surface area contributed by atoms with Gasteiger partial charge in [-0.1, -0.05) is 5.57 Å². The van der Waals surface area contributed by atoms with E-state index in [1.165, 1.54) is 6.08 Å². The number of phenolic OH excluding ortho intramolecular Hbond substituents is 1. The molecule has 0 saturated carbocycles. The van der Waals surface area contributed by atoms with Crippen LogP contribution in [0.3, 0.4) is 0 Å². The van der Waals surface area contributed by atoms with E-state index in [1.807, 2.05) is 6.92 Å². The Morgan fingerprint density at radius 1 is 1.20 bits per heavy atom. The Kier molecular flexibility index (Phi) is 7.02. The number of phenols is 1. The summed E-state index contributed by atoms with van der Waals surface area (Å²) in [6.45, 7) is 6.27. The van der Waals surface area contributed by atoms with Gasteiger partial charge in [-0.15, -0.1) is 6.58 Å². The quantitative estimate of drug-likeness (QED) is 0.302. The number of hydrogen-bond donors (Lipinski definition) is 1. The van der Waals surface area contributed by atoms with Gasteiger partial charge in [-0.05, 0) is 81.3 Å². The third-order valence-corrected chi connectivity index (χ3v) is 5.30. The molecule has 0 atom stereocenters. The summed E-state index contributed by atoms with van der Waals surface area (Å²) in [6, 6.07) is 10.3. The molecule has 0 saturated heterocycles. The van der Waals surface area contributed by atoms with Gasteiger partial charge in [0.2, 0.25) is 0 Å². The summed E-state index contributed by atoms with van der Waals surface area (Å²) in [5.41, 5.74) is 2.16. The van der Waals surface area contributed by atoms with Crippen molar-refractivity contribution in [3.05, 3.63) is 74.7 Å². The lowest BCUT2D eigenvalue weighted by Gasteiger charge is -2.07. The molecule has 0 fully saturated rings. The standard InChI is InChI=1S/C20H18Br2O3/c1-13(2)9-10-25-16-6-3-14(20(24)12-16)5-8-19(23)15-4-7-17(21)18(22)11-15/h3-8,11-12,24H,1,9-10H2,2H3. The van der Waals surface area contributed by atoms with Gasteiger partial charge in [-0.3, -0.25) is 4.79 Å². The van der Waals surface area contributed by atoms with Gasteiger partial charge in [-0.25, -0.2) is 0 Å². The van der Waals surface area contributed by atoms with E-state index in [2.05, 4.69) is 38.4 Å². The average molecular weight is 466 g/mol. The van der Waals surface area contributed by atoms with Crippen molar-refractivity contribution in [3.63, 3.8) is 0 Å². The summed E-state index contributed by atoms with van der Waals surface area (Å²) in [5.74, 6) is 0.502. The highest BCUT2D eigenvalue weighted by molar-refractivity contribution is 9.13. The SMILES string of the molecule is C=C(C)CCOc1ccc(C=CC(=O)c2ccc(Br)c(Br)c2)c(O)c1. The van der Waals surface area contributed by atoms with Gasteiger partial charge in [0.25, 0.3) is 0 Å². The van der Waals surface area contributed by atoms with Gasteiger partial charge in [0.15, 0.2) is 5.78 Å². The summed E-state index contributed by atoms with van der Waals surface area (Å²) in [7, 11) is 0. The van der Waals surface area contributed by atoms with E-state index >= 15 is 0 Å². The fourth-order valence-electron chi connectivity index (χ4n) is 2.01. The zero-order chi connectivity index (χ0) is 18.4. The highest BCUT2D eigenvalue weighted by Crippen LogP contribution is 2.26. The highest BCUT2D eigenvalue weighted by atomic mass is 79.9. The van der Waals surface area contributed by atoms with Gasteiger partial charge >= 0.3 is 0 Å². The van der Waals surface area contributed by atoms with Crippen molar-refractivity contribution < 1.29 is 14.6 Å². The van der Waals surface area contributed by atoms with Crippen molar-refractivity contribution in [2.75, 3.05) is 6.61 Å². The molecule has 0 spiro atoms. The van der Waals surface area contributed by atoms with Gasteiger partial charge in [0.05, 0.1) is 6.61 Å². The molecule has 0 aliphatic rings. The monoisotopic (exact) mass is 464 g/mol. The number of hydrogen-bond acceptors (Lipinski definition) is 3. The molecule has 0 bridgehead atoms. The summed E-state index contributed by atoms with van der Waals surface area (Å²) >= 11 is 6.75. The third-order valence-electron chi connectivity index (χ3n) is 3.42. The molecule has 2 rings (SSSR count). The molecule has 0 unspecified atom stereocenters. The van der Waals surface area contributed by atoms with Crippen LogP contribution in [0.5, 0.6) is 11.5 Å². The predicted molar refractivity (Wildman–Crippen MR) is 108 cm³/mol. The van der Waals surface area contributed by atoms with E-state index in [-0.39, 0.29) is 11.5 Å². The van der Waals surface area contributed by atoms with Gasteiger partial charge in [0, 0.05) is 32.6 Å². The van der Waals surface area contributed by atoms with Crippen LogP contribution < -0.4 is 4.74 Å². The number of aromatic hydroxyl groups is 1. The van der Waals surface area contributed by atoms with Crippen LogP contribution in [0, 0.1) is 0 Å². The van der Waals surface area contributed by atoms with E-state index in [0.29, 0.717) is 23.5 Å². The lowest BCUT2D eigenvalue weighted by Crippen LogP contribution is -1.97. The number of halogens is 2. The molecule has 2 aromatic rings. The molecule has 2 aromatic carbocycles. The van der Waals surface area contributed by atoms with Crippen LogP contribution in [0.15, 0.2) is 63.6 Å². The Morgan fingerprint density at radius 3 is 2.60 bits per heavy atom. The van der Waals surface area contributed by atoms with Gasteiger partial charge in [0.1, 0.15) is 11.5 Å². The van der Waals surface area contributed by atoms with Crippen LogP contribution in [-0.2, 0) is 0 Å². The predicted octanol–water partition coefficient (Wildman–Crippen LogP) is 6.16. The second kappa shape index (κ2) is 9.02. The van der Waals surface area contributed by atoms with E-state index in [9.17, 15) is 9.90 Å². The lowest BCUT2D eigenvalue weighted by molar-refractivity contribution is 0.104. The molecule has 5 heteroatoms. The Bertz CT molecular complexity index is 826. The normalized spacial score (nSPS) is 10.8. The first-order valence-corrected chi connectivity index (χ1v) is 9.23. The largest absolute Gasteiger partial charge is 0.507 e. The molecule has 0 aromatic heterocycles. The molecule has 0 heterocycles. The number of rotatable bonds is 7. The Hall–Kier alpha value is -1.85. The molecule has 0 aliphatic heterocycles. The second-order valence-electron chi connectivity index (χ2n) is 5.60. The number of benzene rings is 2. The maximum atomic E-state index is 12.2. The molecule has 130 valence electrons. The first-order valence-electron chi connectivity index (χ1n) is 7.64. The Morgan fingerprint density at radius 2 is 1.96 bits per heavy atom. The summed E-state index contributed by atoms with van der Waals surface area (Å²) in [4.78, 5) is 12.2. The lowest BCUT2D eigenvalue weighted by atomic mass is 10.1. The van der Waals surface area contributed by atoms with Crippen molar-refractivity contribution in [1.29, 1.82) is 0 Å². The smallest absolute Gasteiger partial charge is 0.185 e. The van der Waals surface area contributed by atoms with Crippen LogP contribution in [-0.4, -0.2) is 17.5 Å². The summed E-state index contributed by atoms with van der Waals surface area (Å²) in [6.07, 6.45) is 3.79. The zero-order valence-electron chi connectivity index (χ0n) is 13.8. The molecule has 25 heavy (non-hydrogen) atoms. The molecule has 0 amide bonds. The maximum absolute atomic E-state index is 12.2. The molecule has 0 aliphatic carbocycles. The fourth-order valence-corrected chi connectivity index (χ4v) is 2.63.